The van der Waals surface area contributed by atoms with Crippen LogP contribution < -0.4 is 26.1 Å². The maximum Gasteiger partial charge on any atom is 0.231 e. The van der Waals surface area contributed by atoms with Crippen LogP contribution in [0, 0.1) is 0 Å². The molecule has 0 fully saturated rings. The van der Waals surface area contributed by atoms with E-state index in [1.807, 2.05) is 42.9 Å². The third-order valence-electron chi connectivity index (χ3n) is 5.07. The zero-order valence-corrected chi connectivity index (χ0v) is 18.5. The van der Waals surface area contributed by atoms with Crippen molar-refractivity contribution < 1.29 is 26.1 Å². The zero-order chi connectivity index (χ0) is 19.7. The number of fused-ring (bicyclic) bond motifs is 1. The summed E-state index contributed by atoms with van der Waals surface area (Å²) in [7, 11) is 0. The number of aromatic nitrogens is 3. The van der Waals surface area contributed by atoms with Crippen LogP contribution >= 0.6 is 0 Å². The van der Waals surface area contributed by atoms with Gasteiger partial charge >= 0.3 is 0 Å². The van der Waals surface area contributed by atoms with E-state index in [4.69, 9.17) is 0 Å². The van der Waals surface area contributed by atoms with Crippen LogP contribution in [0.15, 0.2) is 90.5 Å². The van der Waals surface area contributed by atoms with Crippen molar-refractivity contribution in [1.82, 2.24) is 4.98 Å². The first-order chi connectivity index (χ1) is 14.4. The molecule has 0 unspecified atom stereocenters. The summed E-state index contributed by atoms with van der Waals surface area (Å²) in [5, 5.41) is 0. The lowest BCUT2D eigenvalue weighted by Gasteiger charge is -2.05. The minimum absolute atomic E-state index is 0. The molecule has 0 atom stereocenters. The van der Waals surface area contributed by atoms with Gasteiger partial charge in [0.1, 0.15) is 18.8 Å². The van der Waals surface area contributed by atoms with E-state index < -0.39 is 0 Å². The number of aryl methyl sites for hydroxylation is 2. The van der Waals surface area contributed by atoms with Gasteiger partial charge in [0.25, 0.3) is 0 Å². The van der Waals surface area contributed by atoms with Crippen molar-refractivity contribution in [2.45, 2.75) is 32.4 Å². The maximum atomic E-state index is 4.50. The van der Waals surface area contributed by atoms with Crippen molar-refractivity contribution >= 4 is 12.3 Å². The second-order valence-electron chi connectivity index (χ2n) is 7.08. The second-order valence-corrected chi connectivity index (χ2v) is 7.08. The van der Waals surface area contributed by atoms with Crippen LogP contribution in [0.3, 0.4) is 0 Å². The Bertz CT molecular complexity index is 1040. The van der Waals surface area contributed by atoms with E-state index >= 15 is 0 Å². The molecule has 0 bridgehead atoms. The second kappa shape index (κ2) is 11.3. The summed E-state index contributed by atoms with van der Waals surface area (Å²) in [6.07, 6.45) is 19.5. The Morgan fingerprint density at radius 1 is 0.767 bits per heavy atom. The summed E-state index contributed by atoms with van der Waals surface area (Å²) >= 11 is 0. The topological polar surface area (TPSA) is 33.0 Å². The van der Waals surface area contributed by atoms with Crippen molar-refractivity contribution in [1.29, 1.82) is 0 Å². The maximum absolute atomic E-state index is 4.50. The first-order valence-electron chi connectivity index (χ1n) is 10.2. The first kappa shape index (κ1) is 21.8. The fourth-order valence-electron chi connectivity index (χ4n) is 3.60. The molecule has 0 amide bonds. The highest BCUT2D eigenvalue weighted by Gasteiger charge is 2.14. The number of hydrogen-bond acceptors (Lipinski definition) is 2. The van der Waals surface area contributed by atoms with Gasteiger partial charge in [0.2, 0.25) is 11.4 Å². The van der Waals surface area contributed by atoms with Gasteiger partial charge in [-0.15, -0.1) is 0 Å². The lowest BCUT2D eigenvalue weighted by molar-refractivity contribution is -0.699. The molecule has 30 heavy (non-hydrogen) atoms. The molecule has 152 valence electrons. The van der Waals surface area contributed by atoms with E-state index in [-0.39, 0.29) is 17.0 Å². The van der Waals surface area contributed by atoms with Gasteiger partial charge < -0.3 is 17.0 Å². The van der Waals surface area contributed by atoms with Crippen molar-refractivity contribution in [2.24, 2.45) is 4.99 Å². The normalized spacial score (nSPS) is 14.1. The predicted octanol–water partition coefficient (Wildman–Crippen LogP) is 1.16. The molecule has 4 rings (SSSR count). The average molecular weight is 462 g/mol. The summed E-state index contributed by atoms with van der Waals surface area (Å²) in [6, 6.07) is 16.6. The number of nitrogens with zero attached hydrogens (tertiary/aromatic N) is 4. The number of allylic oxidation sites excluding steroid dienone is 2. The molecule has 4 heterocycles. The molecule has 0 aromatic carbocycles. The number of pyridine rings is 3. The molecule has 0 aliphatic carbocycles. The number of hydrogen-bond donors (Lipinski definition) is 0. The van der Waals surface area contributed by atoms with Crippen LogP contribution in [0.2, 0.25) is 0 Å². The SMILES string of the molecule is C1=N/C=C\C=C/c2ccc[n+](CCCCC[n+]3ccccc3-c3ccccn3)c21.[Br-]. The van der Waals surface area contributed by atoms with E-state index in [1.165, 1.54) is 23.4 Å². The lowest BCUT2D eigenvalue weighted by Crippen LogP contribution is -3.00. The Morgan fingerprint density at radius 2 is 1.60 bits per heavy atom. The number of unbranched alkanes of at least 4 members (excludes halogenated alkanes) is 2. The highest BCUT2D eigenvalue weighted by Crippen LogP contribution is 2.11. The van der Waals surface area contributed by atoms with E-state index in [0.717, 1.165) is 31.6 Å². The Kier molecular flexibility index (Phi) is 8.21. The van der Waals surface area contributed by atoms with Crippen LogP contribution in [0.25, 0.3) is 17.5 Å². The molecule has 0 N–H and O–H groups in total. The van der Waals surface area contributed by atoms with Gasteiger partial charge in [-0.05, 0) is 42.8 Å². The standard InChI is InChI=1S/C25H26N4.BrH/c1(7-17-28-19-9-4-14-24(28)23-13-3-6-16-27-23)8-18-29-20-10-12-22-11-2-5-15-26-21-25(22)29;/h2-6,9-16,19-21H,1,7-8,17-18H2;1H/q+2;/p-1/b5-2?,11-2-,15-5-,22-11?,25-21?,26-15?,26-21?;. The molecule has 0 spiro atoms. The van der Waals surface area contributed by atoms with Crippen LogP contribution in [-0.2, 0) is 13.1 Å². The molecule has 1 aliphatic rings. The Morgan fingerprint density at radius 3 is 2.47 bits per heavy atom. The minimum Gasteiger partial charge on any atom is -1.00 e. The van der Waals surface area contributed by atoms with Crippen molar-refractivity contribution in [3.05, 3.63) is 96.7 Å². The van der Waals surface area contributed by atoms with Crippen LogP contribution in [0.4, 0.5) is 0 Å². The number of aliphatic imine (C=N–C) groups is 1. The summed E-state index contributed by atoms with van der Waals surface area (Å²) in [4.78, 5) is 8.87. The zero-order valence-electron chi connectivity index (χ0n) is 16.9. The summed E-state index contributed by atoms with van der Waals surface area (Å²) < 4.78 is 4.61. The smallest absolute Gasteiger partial charge is 0.231 e. The van der Waals surface area contributed by atoms with E-state index in [2.05, 4.69) is 74.0 Å². The summed E-state index contributed by atoms with van der Waals surface area (Å²) in [5.41, 5.74) is 4.57. The molecular formula is C25H26BrN4+. The summed E-state index contributed by atoms with van der Waals surface area (Å²) in [6.45, 7) is 2.00. The number of halogens is 1. The molecule has 0 saturated carbocycles. The van der Waals surface area contributed by atoms with Gasteiger partial charge in [-0.3, -0.25) is 4.99 Å². The molecule has 4 nitrogen and oxygen atoms in total. The van der Waals surface area contributed by atoms with Crippen molar-refractivity contribution in [2.75, 3.05) is 0 Å². The molecule has 0 radical (unpaired) electrons. The third kappa shape index (κ3) is 5.57. The van der Waals surface area contributed by atoms with Gasteiger partial charge in [-0.25, -0.2) is 4.98 Å². The van der Waals surface area contributed by atoms with Gasteiger partial charge in [0.15, 0.2) is 12.4 Å². The molecule has 1 aliphatic heterocycles. The van der Waals surface area contributed by atoms with Gasteiger partial charge in [0, 0.05) is 49.0 Å². The van der Waals surface area contributed by atoms with Crippen LogP contribution in [0.1, 0.15) is 30.5 Å². The monoisotopic (exact) mass is 461 g/mol. The van der Waals surface area contributed by atoms with Crippen LogP contribution in [-0.4, -0.2) is 11.2 Å². The van der Waals surface area contributed by atoms with Gasteiger partial charge in [-0.2, -0.15) is 9.13 Å². The van der Waals surface area contributed by atoms with Gasteiger partial charge in [0.05, 0.1) is 6.21 Å². The van der Waals surface area contributed by atoms with Crippen LogP contribution in [0.5, 0.6) is 0 Å². The Labute approximate surface area is 188 Å². The lowest BCUT2D eigenvalue weighted by atomic mass is 10.1. The van der Waals surface area contributed by atoms with E-state index in [0.29, 0.717) is 0 Å². The first-order valence-corrected chi connectivity index (χ1v) is 10.2. The highest BCUT2D eigenvalue weighted by atomic mass is 79.9. The molecule has 3 aromatic heterocycles. The van der Waals surface area contributed by atoms with Gasteiger partial charge in [-0.1, -0.05) is 12.1 Å². The highest BCUT2D eigenvalue weighted by molar-refractivity contribution is 5.82. The minimum atomic E-state index is 0. The molecular weight excluding hydrogens is 436 g/mol. The molecule has 3 aromatic rings. The predicted molar refractivity (Wildman–Crippen MR) is 116 cm³/mol. The van der Waals surface area contributed by atoms with E-state index in [9.17, 15) is 0 Å². The fourth-order valence-corrected chi connectivity index (χ4v) is 3.60. The quantitative estimate of drug-likeness (QED) is 0.383. The molecule has 0 saturated heterocycles. The fraction of sp³-hybridized carbons (Fsp3) is 0.200. The van der Waals surface area contributed by atoms with Crippen molar-refractivity contribution in [3.63, 3.8) is 0 Å². The third-order valence-corrected chi connectivity index (χ3v) is 5.07. The van der Waals surface area contributed by atoms with Crippen molar-refractivity contribution in [3.8, 4) is 11.4 Å². The molecule has 5 heteroatoms. The Hall–Kier alpha value is -2.92. The largest absolute Gasteiger partial charge is 1.00 e. The van der Waals surface area contributed by atoms with E-state index in [1.54, 1.807) is 0 Å². The summed E-state index contributed by atoms with van der Waals surface area (Å²) in [5.74, 6) is 0. The average Bonchev–Trinajstić information content (AvgIpc) is 2.75. The Balaban J connectivity index is 0.00000256. The number of rotatable bonds is 7.